The number of halogens is 1. The van der Waals surface area contributed by atoms with Crippen LogP contribution in [-0.2, 0) is 4.74 Å². The third-order valence-electron chi connectivity index (χ3n) is 2.30. The first kappa shape index (κ1) is 11.9. The van der Waals surface area contributed by atoms with Gasteiger partial charge in [0.2, 0.25) is 6.23 Å². The first-order chi connectivity index (χ1) is 6.72. The lowest BCUT2D eigenvalue weighted by Crippen LogP contribution is -2.36. The monoisotopic (exact) mass is 221 g/mol. The van der Waals surface area contributed by atoms with Gasteiger partial charge in [0, 0.05) is 18.5 Å². The van der Waals surface area contributed by atoms with E-state index in [1.807, 2.05) is 11.5 Å². The van der Waals surface area contributed by atoms with Crippen molar-refractivity contribution in [2.24, 2.45) is 0 Å². The average Bonchev–Trinajstić information content (AvgIpc) is 2.95. The van der Waals surface area contributed by atoms with Gasteiger partial charge in [-0.15, -0.1) is 11.6 Å². The van der Waals surface area contributed by atoms with E-state index in [0.29, 0.717) is 12.3 Å². The standard InChI is InChI=1S/C9H18ClN2O2/c1-3-12(2)9-8(14-9)11-7(6-10)4-5-13/h7-9,11,13H,2-6H2,1H3/q+1. The Balaban J connectivity index is 2.23. The third-order valence-corrected chi connectivity index (χ3v) is 2.67. The Morgan fingerprint density at radius 3 is 2.93 bits per heavy atom. The Labute approximate surface area is 89.5 Å². The topological polar surface area (TPSA) is 47.8 Å². The molecule has 0 aromatic heterocycles. The quantitative estimate of drug-likeness (QED) is 0.275. The first-order valence-corrected chi connectivity index (χ1v) is 5.41. The Hall–Kier alpha value is -0.160. The molecule has 0 bridgehead atoms. The summed E-state index contributed by atoms with van der Waals surface area (Å²) >= 11 is 5.72. The molecule has 0 aromatic rings. The number of alkyl halides is 1. The molecule has 3 atom stereocenters. The van der Waals surface area contributed by atoms with Crippen LogP contribution in [0, 0.1) is 0 Å². The summed E-state index contributed by atoms with van der Waals surface area (Å²) in [5.41, 5.74) is 0. The van der Waals surface area contributed by atoms with Crippen molar-refractivity contribution in [1.82, 2.24) is 5.32 Å². The van der Waals surface area contributed by atoms with Crippen molar-refractivity contribution in [1.29, 1.82) is 0 Å². The number of likely N-dealkylation sites (N-methyl/N-ethyl adjacent to an activating group) is 1. The molecule has 1 aliphatic rings. The minimum Gasteiger partial charge on any atom is -0.396 e. The number of hydrogen-bond acceptors (Lipinski definition) is 3. The summed E-state index contributed by atoms with van der Waals surface area (Å²) in [6.45, 7) is 6.86. The van der Waals surface area contributed by atoms with Crippen LogP contribution in [0.5, 0.6) is 0 Å². The molecule has 1 rings (SSSR count). The van der Waals surface area contributed by atoms with Gasteiger partial charge in [0.25, 0.3) is 6.23 Å². The van der Waals surface area contributed by atoms with Crippen LogP contribution >= 0.6 is 11.6 Å². The maximum absolute atomic E-state index is 8.76. The summed E-state index contributed by atoms with van der Waals surface area (Å²) in [6, 6.07) is 0.113. The van der Waals surface area contributed by atoms with Gasteiger partial charge in [-0.25, -0.2) is 4.58 Å². The number of rotatable bonds is 7. The summed E-state index contributed by atoms with van der Waals surface area (Å²) in [5.74, 6) is 0.483. The number of epoxide rings is 1. The lowest BCUT2D eigenvalue weighted by molar-refractivity contribution is -0.549. The predicted molar refractivity (Wildman–Crippen MR) is 55.9 cm³/mol. The average molecular weight is 222 g/mol. The fourth-order valence-corrected chi connectivity index (χ4v) is 1.52. The minimum absolute atomic E-state index is 0.0164. The van der Waals surface area contributed by atoms with Gasteiger partial charge in [0.1, 0.15) is 13.3 Å². The summed E-state index contributed by atoms with van der Waals surface area (Å²) < 4.78 is 7.24. The van der Waals surface area contributed by atoms with Crippen LogP contribution in [0.4, 0.5) is 0 Å². The van der Waals surface area contributed by atoms with E-state index in [4.69, 9.17) is 21.4 Å². The number of hydrogen-bond donors (Lipinski definition) is 2. The molecule has 5 heteroatoms. The second-order valence-corrected chi connectivity index (χ2v) is 3.69. The van der Waals surface area contributed by atoms with Gasteiger partial charge in [-0.1, -0.05) is 0 Å². The molecule has 1 fully saturated rings. The van der Waals surface area contributed by atoms with Gasteiger partial charge >= 0.3 is 0 Å². The van der Waals surface area contributed by atoms with E-state index >= 15 is 0 Å². The highest BCUT2D eigenvalue weighted by Crippen LogP contribution is 2.20. The molecular formula is C9H18ClN2O2+. The molecule has 0 aliphatic carbocycles. The zero-order valence-electron chi connectivity index (χ0n) is 8.45. The molecule has 4 nitrogen and oxygen atoms in total. The smallest absolute Gasteiger partial charge is 0.299 e. The van der Waals surface area contributed by atoms with E-state index < -0.39 is 0 Å². The van der Waals surface area contributed by atoms with E-state index in [2.05, 4.69) is 12.0 Å². The van der Waals surface area contributed by atoms with Crippen LogP contribution in [0.15, 0.2) is 0 Å². The van der Waals surface area contributed by atoms with Crippen molar-refractivity contribution >= 4 is 18.3 Å². The van der Waals surface area contributed by atoms with Crippen LogP contribution < -0.4 is 5.32 Å². The Morgan fingerprint density at radius 1 is 1.71 bits per heavy atom. The van der Waals surface area contributed by atoms with Gasteiger partial charge in [-0.2, -0.15) is 0 Å². The molecule has 3 unspecified atom stereocenters. The number of nitrogens with one attached hydrogen (secondary N) is 1. The van der Waals surface area contributed by atoms with Gasteiger partial charge < -0.3 is 5.11 Å². The number of nitrogens with zero attached hydrogens (tertiary/aromatic N) is 1. The van der Waals surface area contributed by atoms with E-state index in [1.54, 1.807) is 0 Å². The highest BCUT2D eigenvalue weighted by atomic mass is 35.5. The highest BCUT2D eigenvalue weighted by Gasteiger charge is 2.48. The van der Waals surface area contributed by atoms with Crippen molar-refractivity contribution in [3.05, 3.63) is 0 Å². The maximum atomic E-state index is 8.76. The first-order valence-electron chi connectivity index (χ1n) is 4.88. The van der Waals surface area contributed by atoms with Crippen LogP contribution in [0.2, 0.25) is 0 Å². The van der Waals surface area contributed by atoms with Crippen LogP contribution in [-0.4, -0.2) is 53.9 Å². The third kappa shape index (κ3) is 3.20. The second-order valence-electron chi connectivity index (χ2n) is 3.38. The van der Waals surface area contributed by atoms with Gasteiger partial charge in [-0.3, -0.25) is 10.1 Å². The molecule has 2 N–H and O–H groups in total. The molecule has 1 saturated heterocycles. The molecule has 0 radical (unpaired) electrons. The summed E-state index contributed by atoms with van der Waals surface area (Å²) in [4.78, 5) is 0. The maximum Gasteiger partial charge on any atom is 0.299 e. The van der Waals surface area contributed by atoms with E-state index in [-0.39, 0.29) is 25.1 Å². The van der Waals surface area contributed by atoms with Gasteiger partial charge in [0.15, 0.2) is 0 Å². The Kier molecular flexibility index (Phi) is 4.81. The molecule has 0 aromatic carbocycles. The molecule has 82 valence electrons. The van der Waals surface area contributed by atoms with Crippen LogP contribution in [0.3, 0.4) is 0 Å². The minimum atomic E-state index is 0.0164. The lowest BCUT2D eigenvalue weighted by atomic mass is 10.2. The van der Waals surface area contributed by atoms with E-state index in [9.17, 15) is 0 Å². The summed E-state index contributed by atoms with van der Waals surface area (Å²) in [5, 5.41) is 12.0. The van der Waals surface area contributed by atoms with Crippen molar-refractivity contribution in [3.8, 4) is 0 Å². The Morgan fingerprint density at radius 2 is 2.43 bits per heavy atom. The van der Waals surface area contributed by atoms with E-state index in [0.717, 1.165) is 6.54 Å². The molecule has 1 aliphatic heterocycles. The zero-order chi connectivity index (χ0) is 10.6. The SMILES string of the molecule is C=[N+](CC)C1OC1NC(CCl)CCO. The normalized spacial score (nSPS) is 27.4. The van der Waals surface area contributed by atoms with Gasteiger partial charge in [-0.05, 0) is 13.3 Å². The van der Waals surface area contributed by atoms with Gasteiger partial charge in [0.05, 0.1) is 0 Å². The lowest BCUT2D eigenvalue weighted by Gasteiger charge is -2.11. The summed E-state index contributed by atoms with van der Waals surface area (Å²) in [6.07, 6.45) is 0.728. The van der Waals surface area contributed by atoms with Crippen LogP contribution in [0.1, 0.15) is 13.3 Å². The molecule has 14 heavy (non-hydrogen) atoms. The number of aliphatic hydroxyl groups excluding tert-OH is 1. The molecular weight excluding hydrogens is 204 g/mol. The van der Waals surface area contributed by atoms with Crippen molar-refractivity contribution in [3.63, 3.8) is 0 Å². The molecule has 1 heterocycles. The van der Waals surface area contributed by atoms with Crippen molar-refractivity contribution < 1.29 is 14.4 Å². The van der Waals surface area contributed by atoms with Crippen molar-refractivity contribution in [2.75, 3.05) is 19.0 Å². The zero-order valence-corrected chi connectivity index (χ0v) is 9.20. The van der Waals surface area contributed by atoms with Crippen LogP contribution in [0.25, 0.3) is 0 Å². The number of ether oxygens (including phenoxy) is 1. The Bertz CT molecular complexity index is 201. The summed E-state index contributed by atoms with van der Waals surface area (Å²) in [7, 11) is 0. The number of aliphatic hydroxyl groups is 1. The highest BCUT2D eigenvalue weighted by molar-refractivity contribution is 6.18. The molecule has 0 saturated carbocycles. The molecule has 0 amide bonds. The fourth-order valence-electron chi connectivity index (χ4n) is 1.28. The fraction of sp³-hybridized carbons (Fsp3) is 0.889. The molecule has 0 spiro atoms. The second kappa shape index (κ2) is 5.66. The van der Waals surface area contributed by atoms with E-state index in [1.165, 1.54) is 0 Å². The predicted octanol–water partition coefficient (Wildman–Crippen LogP) is -0.0188. The van der Waals surface area contributed by atoms with Crippen molar-refractivity contribution in [2.45, 2.75) is 31.8 Å². The largest absolute Gasteiger partial charge is 0.396 e.